The summed E-state index contributed by atoms with van der Waals surface area (Å²) in [6.45, 7) is 2.03. The van der Waals surface area contributed by atoms with Gasteiger partial charge in [0, 0.05) is 24.6 Å². The Labute approximate surface area is 146 Å². The maximum atomic E-state index is 12.0. The van der Waals surface area contributed by atoms with Crippen molar-refractivity contribution in [3.8, 4) is 6.07 Å². The van der Waals surface area contributed by atoms with Crippen molar-refractivity contribution in [2.75, 3.05) is 10.2 Å². The van der Waals surface area contributed by atoms with Gasteiger partial charge >= 0.3 is 0 Å². The van der Waals surface area contributed by atoms with Crippen LogP contribution in [0.4, 0.5) is 11.4 Å². The van der Waals surface area contributed by atoms with Gasteiger partial charge in [-0.3, -0.25) is 14.5 Å². The summed E-state index contributed by atoms with van der Waals surface area (Å²) in [6.07, 6.45) is 1.47. The lowest BCUT2D eigenvalue weighted by atomic mass is 10.1. The lowest BCUT2D eigenvalue weighted by Crippen LogP contribution is -2.40. The molecular weight excluding hydrogens is 314 g/mol. The molecule has 0 aromatic heterocycles. The van der Waals surface area contributed by atoms with Crippen LogP contribution in [-0.2, 0) is 9.59 Å². The number of piperidine rings is 1. The summed E-state index contributed by atoms with van der Waals surface area (Å²) in [5, 5.41) is 12.2. The maximum absolute atomic E-state index is 12.0. The molecule has 5 heteroatoms. The molecule has 0 radical (unpaired) electrons. The van der Waals surface area contributed by atoms with Gasteiger partial charge in [-0.15, -0.1) is 0 Å². The van der Waals surface area contributed by atoms with Gasteiger partial charge in [-0.25, -0.2) is 0 Å². The van der Waals surface area contributed by atoms with Crippen LogP contribution < -0.4 is 10.2 Å². The molecule has 25 heavy (non-hydrogen) atoms. The predicted molar refractivity (Wildman–Crippen MR) is 96.0 cm³/mol. The monoisotopic (exact) mass is 333 g/mol. The first-order valence-corrected chi connectivity index (χ1v) is 8.31. The highest BCUT2D eigenvalue weighted by Gasteiger charge is 2.27. The van der Waals surface area contributed by atoms with Gasteiger partial charge in [-0.2, -0.15) is 5.26 Å². The molecule has 1 aliphatic heterocycles. The molecule has 5 nitrogen and oxygen atoms in total. The number of rotatable bonds is 4. The summed E-state index contributed by atoms with van der Waals surface area (Å²) in [4.78, 5) is 25.2. The minimum absolute atomic E-state index is 0.0665. The fourth-order valence-corrected chi connectivity index (χ4v) is 2.93. The third kappa shape index (κ3) is 3.69. The van der Waals surface area contributed by atoms with Crippen LogP contribution in [-0.4, -0.2) is 11.8 Å². The van der Waals surface area contributed by atoms with E-state index in [1.165, 1.54) is 4.90 Å². The zero-order valence-corrected chi connectivity index (χ0v) is 14.0. The number of imide groups is 1. The maximum Gasteiger partial charge on any atom is 0.233 e. The van der Waals surface area contributed by atoms with Crippen molar-refractivity contribution >= 4 is 23.2 Å². The van der Waals surface area contributed by atoms with Crippen LogP contribution in [0.3, 0.4) is 0 Å². The Balaban J connectivity index is 1.70. The lowest BCUT2D eigenvalue weighted by molar-refractivity contribution is -0.129. The molecule has 2 aromatic carbocycles. The highest BCUT2D eigenvalue weighted by atomic mass is 16.2. The molecule has 1 N–H and O–H groups in total. The third-order valence-corrected chi connectivity index (χ3v) is 4.33. The molecule has 1 fully saturated rings. The van der Waals surface area contributed by atoms with E-state index < -0.39 is 0 Å². The highest BCUT2D eigenvalue weighted by Crippen LogP contribution is 2.25. The predicted octanol–water partition coefficient (Wildman–Crippen LogP) is 3.77. The summed E-state index contributed by atoms with van der Waals surface area (Å²) >= 11 is 0. The van der Waals surface area contributed by atoms with Crippen LogP contribution >= 0.6 is 0 Å². The molecule has 1 atom stereocenters. The number of hydrogen-bond donors (Lipinski definition) is 1. The van der Waals surface area contributed by atoms with Gasteiger partial charge in [0.15, 0.2) is 0 Å². The molecule has 0 saturated carbocycles. The number of benzene rings is 2. The number of nitrogens with one attached hydrogen (secondary N) is 1. The van der Waals surface area contributed by atoms with Gasteiger partial charge in [0.2, 0.25) is 11.8 Å². The summed E-state index contributed by atoms with van der Waals surface area (Å²) in [7, 11) is 0. The number of carbonyl (C=O) groups is 2. The van der Waals surface area contributed by atoms with Crippen molar-refractivity contribution in [2.24, 2.45) is 0 Å². The average molecular weight is 333 g/mol. The van der Waals surface area contributed by atoms with Crippen LogP contribution in [0.2, 0.25) is 0 Å². The van der Waals surface area contributed by atoms with Crippen molar-refractivity contribution in [3.05, 3.63) is 59.7 Å². The number of anilines is 2. The van der Waals surface area contributed by atoms with Gasteiger partial charge < -0.3 is 5.32 Å². The fourth-order valence-electron chi connectivity index (χ4n) is 2.93. The zero-order chi connectivity index (χ0) is 17.8. The largest absolute Gasteiger partial charge is 0.379 e. The van der Waals surface area contributed by atoms with E-state index in [9.17, 15) is 9.59 Å². The van der Waals surface area contributed by atoms with E-state index in [0.29, 0.717) is 30.5 Å². The van der Waals surface area contributed by atoms with E-state index >= 15 is 0 Å². The Morgan fingerprint density at radius 3 is 2.16 bits per heavy atom. The average Bonchev–Trinajstić information content (AvgIpc) is 2.63. The molecule has 126 valence electrons. The normalized spacial score (nSPS) is 15.6. The molecule has 2 aromatic rings. The second-order valence-electron chi connectivity index (χ2n) is 6.12. The first-order chi connectivity index (χ1) is 12.1. The van der Waals surface area contributed by atoms with E-state index in [2.05, 4.69) is 11.4 Å². The number of amides is 2. The van der Waals surface area contributed by atoms with E-state index in [0.717, 1.165) is 11.3 Å². The zero-order valence-electron chi connectivity index (χ0n) is 14.0. The highest BCUT2D eigenvalue weighted by molar-refractivity contribution is 6.16. The Morgan fingerprint density at radius 2 is 1.60 bits per heavy atom. The molecule has 1 heterocycles. The fraction of sp³-hybridized carbons (Fsp3) is 0.250. The van der Waals surface area contributed by atoms with Crippen molar-refractivity contribution in [3.63, 3.8) is 0 Å². The Morgan fingerprint density at radius 1 is 1.00 bits per heavy atom. The first-order valence-electron chi connectivity index (χ1n) is 8.31. The Kier molecular flexibility index (Phi) is 4.80. The van der Waals surface area contributed by atoms with Gasteiger partial charge in [-0.1, -0.05) is 12.1 Å². The SMILES string of the molecule is C[C@H](Nc1ccc(N2C(=O)CCCC2=O)cc1)c1ccc(C#N)cc1. The minimum Gasteiger partial charge on any atom is -0.379 e. The van der Waals surface area contributed by atoms with Gasteiger partial charge in [0.1, 0.15) is 0 Å². The molecule has 2 amide bonds. The number of nitriles is 1. The number of carbonyl (C=O) groups excluding carboxylic acids is 2. The first kappa shape index (κ1) is 16.7. The van der Waals surface area contributed by atoms with Crippen LogP contribution in [0.1, 0.15) is 43.4 Å². The Bertz CT molecular complexity index is 804. The Hall–Kier alpha value is -3.13. The summed E-state index contributed by atoms with van der Waals surface area (Å²) in [5.41, 5.74) is 3.23. The van der Waals surface area contributed by atoms with E-state index in [4.69, 9.17) is 5.26 Å². The van der Waals surface area contributed by atoms with Crippen LogP contribution in [0, 0.1) is 11.3 Å². The van der Waals surface area contributed by atoms with E-state index in [1.54, 1.807) is 24.3 Å². The van der Waals surface area contributed by atoms with Gasteiger partial charge in [0.25, 0.3) is 0 Å². The summed E-state index contributed by atoms with van der Waals surface area (Å²) in [6, 6.07) is 16.9. The van der Waals surface area contributed by atoms with Crippen molar-refractivity contribution in [1.82, 2.24) is 0 Å². The molecular formula is C20H19N3O2. The molecule has 0 spiro atoms. The molecule has 0 aliphatic carbocycles. The molecule has 0 bridgehead atoms. The lowest BCUT2D eigenvalue weighted by Gasteiger charge is -2.25. The van der Waals surface area contributed by atoms with Crippen molar-refractivity contribution < 1.29 is 9.59 Å². The van der Waals surface area contributed by atoms with Crippen LogP contribution in [0.25, 0.3) is 0 Å². The molecule has 0 unspecified atom stereocenters. The molecule has 1 saturated heterocycles. The van der Waals surface area contributed by atoms with Crippen LogP contribution in [0.15, 0.2) is 48.5 Å². The van der Waals surface area contributed by atoms with E-state index in [-0.39, 0.29) is 17.9 Å². The van der Waals surface area contributed by atoms with Gasteiger partial charge in [0.05, 0.1) is 17.3 Å². The second kappa shape index (κ2) is 7.18. The van der Waals surface area contributed by atoms with E-state index in [1.807, 2.05) is 31.2 Å². The second-order valence-corrected chi connectivity index (χ2v) is 6.12. The topological polar surface area (TPSA) is 73.2 Å². The standard InChI is InChI=1S/C20H19N3O2/c1-14(16-7-5-15(13-21)6-8-16)22-17-9-11-18(12-10-17)23-19(24)3-2-4-20(23)25/h5-12,14,22H,2-4H2,1H3/t14-/m0/s1. The third-order valence-electron chi connectivity index (χ3n) is 4.33. The van der Waals surface area contributed by atoms with Gasteiger partial charge in [-0.05, 0) is 55.3 Å². The molecule has 1 aliphatic rings. The van der Waals surface area contributed by atoms with Crippen molar-refractivity contribution in [2.45, 2.75) is 32.2 Å². The van der Waals surface area contributed by atoms with Crippen molar-refractivity contribution in [1.29, 1.82) is 5.26 Å². The quantitative estimate of drug-likeness (QED) is 0.864. The number of nitrogens with zero attached hydrogens (tertiary/aromatic N) is 2. The van der Waals surface area contributed by atoms with Crippen LogP contribution in [0.5, 0.6) is 0 Å². The molecule has 3 rings (SSSR count). The minimum atomic E-state index is -0.136. The summed E-state index contributed by atoms with van der Waals surface area (Å²) in [5.74, 6) is -0.272. The smallest absolute Gasteiger partial charge is 0.233 e. The summed E-state index contributed by atoms with van der Waals surface area (Å²) < 4.78 is 0. The number of hydrogen-bond acceptors (Lipinski definition) is 4.